The zero-order valence-corrected chi connectivity index (χ0v) is 9.83. The molecule has 0 aromatic rings. The number of aliphatic hydroxyl groups excluding tert-OH is 1. The number of aliphatic hydroxyl groups is 1. The molecule has 88 valence electrons. The number of aldehydes is 1. The van der Waals surface area contributed by atoms with E-state index in [1.165, 1.54) is 19.3 Å². The van der Waals surface area contributed by atoms with Gasteiger partial charge in [-0.15, -0.1) is 0 Å². The van der Waals surface area contributed by atoms with E-state index in [-0.39, 0.29) is 6.04 Å². The molecule has 1 unspecified atom stereocenters. The van der Waals surface area contributed by atoms with E-state index in [0.29, 0.717) is 11.9 Å². The zero-order valence-electron chi connectivity index (χ0n) is 9.83. The molecule has 3 heteroatoms. The van der Waals surface area contributed by atoms with Crippen molar-refractivity contribution in [2.45, 2.75) is 52.0 Å². The fourth-order valence-corrected chi connectivity index (χ4v) is 1.53. The molecule has 3 nitrogen and oxygen atoms in total. The van der Waals surface area contributed by atoms with Gasteiger partial charge in [0.05, 0.1) is 6.26 Å². The SMILES string of the molecule is CCCCCCNC(CC)/C(C=O)=C/O. The van der Waals surface area contributed by atoms with Crippen LogP contribution in [0.2, 0.25) is 0 Å². The second kappa shape index (κ2) is 9.71. The average molecular weight is 213 g/mol. The van der Waals surface area contributed by atoms with Crippen LogP contribution in [0.1, 0.15) is 46.0 Å². The maximum Gasteiger partial charge on any atom is 0.150 e. The summed E-state index contributed by atoms with van der Waals surface area (Å²) in [6, 6.07) is -0.00544. The Morgan fingerprint density at radius 2 is 2.07 bits per heavy atom. The van der Waals surface area contributed by atoms with Gasteiger partial charge in [0, 0.05) is 11.6 Å². The Hall–Kier alpha value is -0.830. The summed E-state index contributed by atoms with van der Waals surface area (Å²) in [7, 11) is 0. The van der Waals surface area contributed by atoms with Crippen LogP contribution in [-0.4, -0.2) is 24.0 Å². The van der Waals surface area contributed by atoms with Crippen LogP contribution in [0.3, 0.4) is 0 Å². The predicted molar refractivity (Wildman–Crippen MR) is 63.0 cm³/mol. The zero-order chi connectivity index (χ0) is 11.5. The van der Waals surface area contributed by atoms with Crippen molar-refractivity contribution in [3.63, 3.8) is 0 Å². The number of carbonyl (C=O) groups is 1. The highest BCUT2D eigenvalue weighted by Crippen LogP contribution is 2.04. The van der Waals surface area contributed by atoms with E-state index < -0.39 is 0 Å². The monoisotopic (exact) mass is 213 g/mol. The second-order valence-electron chi connectivity index (χ2n) is 3.72. The van der Waals surface area contributed by atoms with Crippen molar-refractivity contribution >= 4 is 6.29 Å². The van der Waals surface area contributed by atoms with E-state index in [1.54, 1.807) is 0 Å². The molecular weight excluding hydrogens is 190 g/mol. The van der Waals surface area contributed by atoms with Crippen LogP contribution in [0, 0.1) is 0 Å². The summed E-state index contributed by atoms with van der Waals surface area (Å²) in [6.07, 6.45) is 7.27. The molecule has 0 aliphatic carbocycles. The van der Waals surface area contributed by atoms with Gasteiger partial charge in [-0.05, 0) is 19.4 Å². The summed E-state index contributed by atoms with van der Waals surface area (Å²) >= 11 is 0. The van der Waals surface area contributed by atoms with Crippen molar-refractivity contribution in [3.05, 3.63) is 11.8 Å². The summed E-state index contributed by atoms with van der Waals surface area (Å²) in [6.45, 7) is 5.08. The minimum Gasteiger partial charge on any atom is -0.515 e. The molecule has 0 aromatic heterocycles. The minimum absolute atomic E-state index is 0.00544. The predicted octanol–water partition coefficient (Wildman–Crippen LogP) is 2.58. The van der Waals surface area contributed by atoms with Gasteiger partial charge in [-0.3, -0.25) is 4.79 Å². The molecule has 0 saturated carbocycles. The molecule has 0 amide bonds. The van der Waals surface area contributed by atoms with E-state index in [4.69, 9.17) is 5.11 Å². The number of hydrogen-bond acceptors (Lipinski definition) is 3. The fraction of sp³-hybridized carbons (Fsp3) is 0.750. The van der Waals surface area contributed by atoms with Crippen LogP contribution in [-0.2, 0) is 4.79 Å². The first kappa shape index (κ1) is 14.2. The highest BCUT2D eigenvalue weighted by molar-refractivity contribution is 5.74. The van der Waals surface area contributed by atoms with Gasteiger partial charge in [0.25, 0.3) is 0 Å². The third kappa shape index (κ3) is 6.28. The lowest BCUT2D eigenvalue weighted by atomic mass is 10.1. The molecule has 0 bridgehead atoms. The molecule has 0 aliphatic rings. The van der Waals surface area contributed by atoms with E-state index in [0.717, 1.165) is 25.6 Å². The van der Waals surface area contributed by atoms with Crippen LogP contribution in [0.5, 0.6) is 0 Å². The second-order valence-corrected chi connectivity index (χ2v) is 3.72. The van der Waals surface area contributed by atoms with Crippen molar-refractivity contribution in [2.24, 2.45) is 0 Å². The Morgan fingerprint density at radius 1 is 1.33 bits per heavy atom. The van der Waals surface area contributed by atoms with Crippen LogP contribution >= 0.6 is 0 Å². The van der Waals surface area contributed by atoms with Gasteiger partial charge in [0.2, 0.25) is 0 Å². The van der Waals surface area contributed by atoms with Crippen LogP contribution < -0.4 is 5.32 Å². The van der Waals surface area contributed by atoms with E-state index in [9.17, 15) is 4.79 Å². The van der Waals surface area contributed by atoms with Crippen LogP contribution in [0.25, 0.3) is 0 Å². The third-order valence-electron chi connectivity index (χ3n) is 2.52. The average Bonchev–Trinajstić information content (AvgIpc) is 2.27. The number of rotatable bonds is 9. The third-order valence-corrected chi connectivity index (χ3v) is 2.52. The standard InChI is InChI=1S/C12H23NO2/c1-3-5-6-7-8-13-12(4-2)11(9-14)10-15/h9-10,12-14H,3-8H2,1-2H3/b11-9+. The summed E-state index contributed by atoms with van der Waals surface area (Å²) in [4.78, 5) is 10.6. The van der Waals surface area contributed by atoms with Gasteiger partial charge in [0.1, 0.15) is 0 Å². The normalized spacial score (nSPS) is 13.9. The Labute approximate surface area is 92.6 Å². The molecule has 15 heavy (non-hydrogen) atoms. The van der Waals surface area contributed by atoms with Crippen molar-refractivity contribution in [3.8, 4) is 0 Å². The molecular formula is C12H23NO2. The van der Waals surface area contributed by atoms with Crippen molar-refractivity contribution in [2.75, 3.05) is 6.54 Å². The molecule has 0 fully saturated rings. The summed E-state index contributed by atoms with van der Waals surface area (Å²) < 4.78 is 0. The van der Waals surface area contributed by atoms with E-state index in [2.05, 4.69) is 12.2 Å². The first-order chi connectivity index (χ1) is 7.29. The molecule has 0 spiro atoms. The van der Waals surface area contributed by atoms with Gasteiger partial charge in [-0.25, -0.2) is 0 Å². The number of unbranched alkanes of at least 4 members (excludes halogenated alkanes) is 3. The van der Waals surface area contributed by atoms with Crippen LogP contribution in [0.4, 0.5) is 0 Å². The molecule has 0 aliphatic heterocycles. The first-order valence-corrected chi connectivity index (χ1v) is 5.82. The molecule has 0 aromatic carbocycles. The fourth-order valence-electron chi connectivity index (χ4n) is 1.53. The summed E-state index contributed by atoms with van der Waals surface area (Å²) in [5.74, 6) is 0. The molecule has 0 heterocycles. The van der Waals surface area contributed by atoms with Gasteiger partial charge in [-0.1, -0.05) is 33.1 Å². The van der Waals surface area contributed by atoms with Crippen LogP contribution in [0.15, 0.2) is 11.8 Å². The van der Waals surface area contributed by atoms with Gasteiger partial charge in [-0.2, -0.15) is 0 Å². The van der Waals surface area contributed by atoms with E-state index in [1.807, 2.05) is 6.92 Å². The molecule has 0 rings (SSSR count). The molecule has 2 N–H and O–H groups in total. The van der Waals surface area contributed by atoms with E-state index >= 15 is 0 Å². The maximum absolute atomic E-state index is 10.6. The Morgan fingerprint density at radius 3 is 2.53 bits per heavy atom. The number of carbonyl (C=O) groups excluding carboxylic acids is 1. The molecule has 0 saturated heterocycles. The van der Waals surface area contributed by atoms with Gasteiger partial charge >= 0.3 is 0 Å². The quantitative estimate of drug-likeness (QED) is 0.268. The first-order valence-electron chi connectivity index (χ1n) is 5.82. The lowest BCUT2D eigenvalue weighted by Gasteiger charge is -2.15. The molecule has 0 radical (unpaired) electrons. The maximum atomic E-state index is 10.6. The highest BCUT2D eigenvalue weighted by Gasteiger charge is 2.10. The Bertz CT molecular complexity index is 190. The highest BCUT2D eigenvalue weighted by atomic mass is 16.2. The van der Waals surface area contributed by atoms with Crippen molar-refractivity contribution < 1.29 is 9.90 Å². The number of hydrogen-bond donors (Lipinski definition) is 2. The van der Waals surface area contributed by atoms with Crippen molar-refractivity contribution in [1.82, 2.24) is 5.32 Å². The summed E-state index contributed by atoms with van der Waals surface area (Å²) in [5.41, 5.74) is 0.438. The van der Waals surface area contributed by atoms with Gasteiger partial charge in [0.15, 0.2) is 6.29 Å². The Balaban J connectivity index is 3.75. The smallest absolute Gasteiger partial charge is 0.150 e. The largest absolute Gasteiger partial charge is 0.515 e. The Kier molecular flexibility index (Phi) is 9.18. The lowest BCUT2D eigenvalue weighted by molar-refractivity contribution is -0.105. The van der Waals surface area contributed by atoms with Crippen molar-refractivity contribution in [1.29, 1.82) is 0 Å². The summed E-state index contributed by atoms with van der Waals surface area (Å²) in [5, 5.41) is 12.1. The molecule has 1 atom stereocenters. The van der Waals surface area contributed by atoms with Gasteiger partial charge < -0.3 is 10.4 Å². The lowest BCUT2D eigenvalue weighted by Crippen LogP contribution is -2.31. The minimum atomic E-state index is -0.00544. The topological polar surface area (TPSA) is 49.3 Å². The number of nitrogens with one attached hydrogen (secondary N) is 1.